The summed E-state index contributed by atoms with van der Waals surface area (Å²) in [6.45, 7) is 2.02. The summed E-state index contributed by atoms with van der Waals surface area (Å²) in [5.41, 5.74) is 10.7. The highest BCUT2D eigenvalue weighted by Gasteiger charge is 2.18. The zero-order chi connectivity index (χ0) is 24.6. The Kier molecular flexibility index (Phi) is 6.10. The quantitative estimate of drug-likeness (QED) is 0.320. The van der Waals surface area contributed by atoms with Crippen LogP contribution in [0.5, 0.6) is 0 Å². The van der Waals surface area contributed by atoms with Crippen molar-refractivity contribution in [1.29, 1.82) is 0 Å². The summed E-state index contributed by atoms with van der Waals surface area (Å²) >= 11 is 3.45. The number of benzene rings is 2. The predicted octanol–water partition coefficient (Wildman–Crippen LogP) is 4.61. The molecule has 0 amide bonds. The molecule has 0 saturated carbocycles. The Labute approximate surface area is 211 Å². The number of nitrogens with one attached hydrogen (secondary N) is 1. The number of hydrogen-bond donors (Lipinski definition) is 2. The average Bonchev–Trinajstić information content (AvgIpc) is 3.21. The number of rotatable bonds is 6. The van der Waals surface area contributed by atoms with E-state index >= 15 is 0 Å². The smallest absolute Gasteiger partial charge is 0.240 e. The third kappa shape index (κ3) is 4.68. The Morgan fingerprint density at radius 3 is 2.57 bits per heavy atom. The Balaban J connectivity index is 1.48. The number of halogens is 1. The van der Waals surface area contributed by atoms with Gasteiger partial charge in [0.2, 0.25) is 10.0 Å². The van der Waals surface area contributed by atoms with Gasteiger partial charge in [-0.15, -0.1) is 0 Å². The van der Waals surface area contributed by atoms with Crippen LogP contribution in [0.25, 0.3) is 28.2 Å². The van der Waals surface area contributed by atoms with Crippen LogP contribution < -0.4 is 10.5 Å². The number of nitrogen functional groups attached to an aromatic ring is 1. The van der Waals surface area contributed by atoms with E-state index in [2.05, 4.69) is 30.6 Å². The van der Waals surface area contributed by atoms with E-state index in [0.717, 1.165) is 21.3 Å². The molecule has 0 spiro atoms. The fourth-order valence-electron chi connectivity index (χ4n) is 3.78. The number of fused-ring (bicyclic) bond motifs is 1. The third-order valence-corrected chi connectivity index (χ3v) is 7.34. The molecule has 0 saturated heterocycles. The van der Waals surface area contributed by atoms with Crippen LogP contribution >= 0.6 is 15.9 Å². The van der Waals surface area contributed by atoms with E-state index in [0.29, 0.717) is 28.4 Å². The van der Waals surface area contributed by atoms with Gasteiger partial charge in [0.25, 0.3) is 0 Å². The number of aryl methyl sites for hydroxylation is 1. The second-order valence-corrected chi connectivity index (χ2v) is 10.7. The van der Waals surface area contributed by atoms with Gasteiger partial charge in [-0.3, -0.25) is 4.57 Å². The fourth-order valence-corrected chi connectivity index (χ4v) is 5.22. The second kappa shape index (κ2) is 9.21. The minimum Gasteiger partial charge on any atom is -0.383 e. The number of pyridine rings is 2. The summed E-state index contributed by atoms with van der Waals surface area (Å²) in [5, 5.41) is 0. The molecule has 176 valence electrons. The second-order valence-electron chi connectivity index (χ2n) is 8.01. The molecule has 5 rings (SSSR count). The van der Waals surface area contributed by atoms with E-state index in [-0.39, 0.29) is 11.4 Å². The van der Waals surface area contributed by atoms with Crippen molar-refractivity contribution in [1.82, 2.24) is 24.2 Å². The molecule has 8 nitrogen and oxygen atoms in total. The van der Waals surface area contributed by atoms with E-state index < -0.39 is 10.0 Å². The summed E-state index contributed by atoms with van der Waals surface area (Å²) in [5.74, 6) is 0.981. The van der Waals surface area contributed by atoms with Crippen molar-refractivity contribution in [2.45, 2.75) is 18.4 Å². The Morgan fingerprint density at radius 1 is 1.03 bits per heavy atom. The Bertz CT molecular complexity index is 1650. The summed E-state index contributed by atoms with van der Waals surface area (Å²) in [4.78, 5) is 13.8. The molecule has 2 aromatic carbocycles. The zero-order valence-corrected chi connectivity index (χ0v) is 21.1. The molecular formula is C25H21BrN6O2S. The molecule has 0 unspecified atom stereocenters. The summed E-state index contributed by atoms with van der Waals surface area (Å²) < 4.78 is 30.7. The monoisotopic (exact) mass is 548 g/mol. The molecule has 0 fully saturated rings. The molecule has 0 aliphatic rings. The van der Waals surface area contributed by atoms with Gasteiger partial charge in [-0.1, -0.05) is 24.3 Å². The van der Waals surface area contributed by atoms with E-state index in [9.17, 15) is 8.42 Å². The SMILES string of the molecule is Cc1cccc(S(=O)(=O)NCc2ccc(-n3c(-c4cccnc4N)nc4cc(Br)cnc43)cc2)c1. The molecule has 0 aliphatic carbocycles. The van der Waals surface area contributed by atoms with Gasteiger partial charge in [-0.2, -0.15) is 0 Å². The van der Waals surface area contributed by atoms with Crippen molar-refractivity contribution in [3.05, 3.63) is 94.7 Å². The van der Waals surface area contributed by atoms with Gasteiger partial charge >= 0.3 is 0 Å². The van der Waals surface area contributed by atoms with Gasteiger partial charge in [0.15, 0.2) is 11.5 Å². The van der Waals surface area contributed by atoms with Gasteiger partial charge in [-0.05, 0) is 76.4 Å². The summed E-state index contributed by atoms with van der Waals surface area (Å²) in [6.07, 6.45) is 3.35. The van der Waals surface area contributed by atoms with E-state index in [4.69, 9.17) is 10.7 Å². The Hall–Kier alpha value is -3.60. The van der Waals surface area contributed by atoms with Crippen molar-refractivity contribution in [2.24, 2.45) is 0 Å². The zero-order valence-electron chi connectivity index (χ0n) is 18.7. The van der Waals surface area contributed by atoms with Gasteiger partial charge in [-0.25, -0.2) is 28.1 Å². The van der Waals surface area contributed by atoms with Crippen LogP contribution in [0.15, 0.2) is 88.5 Å². The minimum absolute atomic E-state index is 0.162. The number of anilines is 1. The normalized spacial score (nSPS) is 11.7. The topological polar surface area (TPSA) is 116 Å². The molecule has 10 heteroatoms. The molecular weight excluding hydrogens is 528 g/mol. The maximum Gasteiger partial charge on any atom is 0.240 e. The van der Waals surface area contributed by atoms with Crippen LogP contribution in [0.3, 0.4) is 0 Å². The first kappa shape index (κ1) is 23.2. The fraction of sp³-hybridized carbons (Fsp3) is 0.0800. The van der Waals surface area contributed by atoms with Crippen LogP contribution in [0.1, 0.15) is 11.1 Å². The maximum atomic E-state index is 12.7. The van der Waals surface area contributed by atoms with E-state index in [1.165, 1.54) is 0 Å². The highest BCUT2D eigenvalue weighted by Crippen LogP contribution is 2.31. The minimum atomic E-state index is -3.62. The highest BCUT2D eigenvalue weighted by atomic mass is 79.9. The molecule has 0 bridgehead atoms. The standard InChI is InChI=1S/C25H21BrN6O2S/c1-16-4-2-5-20(12-16)35(33,34)30-14-17-7-9-19(10-8-17)32-24(21-6-3-11-28-23(21)27)31-22-13-18(26)15-29-25(22)32/h2-13,15,30H,14H2,1H3,(H2,27,28). The van der Waals surface area contributed by atoms with Crippen molar-refractivity contribution >= 4 is 42.9 Å². The summed E-state index contributed by atoms with van der Waals surface area (Å²) in [6, 6.07) is 19.9. The lowest BCUT2D eigenvalue weighted by Crippen LogP contribution is -2.23. The van der Waals surface area contributed by atoms with Crippen molar-refractivity contribution < 1.29 is 8.42 Å². The molecule has 3 heterocycles. The first-order valence-electron chi connectivity index (χ1n) is 10.7. The van der Waals surface area contributed by atoms with Crippen LogP contribution in [0, 0.1) is 6.92 Å². The van der Waals surface area contributed by atoms with Crippen LogP contribution in [0.2, 0.25) is 0 Å². The number of sulfonamides is 1. The lowest BCUT2D eigenvalue weighted by molar-refractivity contribution is 0.581. The van der Waals surface area contributed by atoms with Gasteiger partial charge in [0.05, 0.1) is 10.5 Å². The van der Waals surface area contributed by atoms with Crippen molar-refractivity contribution in [3.63, 3.8) is 0 Å². The first-order chi connectivity index (χ1) is 16.8. The van der Waals surface area contributed by atoms with Crippen molar-refractivity contribution in [2.75, 3.05) is 5.73 Å². The molecule has 0 aliphatic heterocycles. The first-order valence-corrected chi connectivity index (χ1v) is 13.0. The molecule has 0 radical (unpaired) electrons. The Morgan fingerprint density at radius 2 is 1.83 bits per heavy atom. The lowest BCUT2D eigenvalue weighted by atomic mass is 10.2. The number of nitrogens with zero attached hydrogens (tertiary/aromatic N) is 4. The molecule has 5 aromatic rings. The molecule has 3 N–H and O–H groups in total. The van der Waals surface area contributed by atoms with Crippen LogP contribution in [-0.2, 0) is 16.6 Å². The third-order valence-electron chi connectivity index (χ3n) is 5.50. The highest BCUT2D eigenvalue weighted by molar-refractivity contribution is 9.10. The number of aromatic nitrogens is 4. The maximum absolute atomic E-state index is 12.7. The summed E-state index contributed by atoms with van der Waals surface area (Å²) in [7, 11) is -3.62. The molecule has 0 atom stereocenters. The van der Waals surface area contributed by atoms with E-state index in [1.807, 2.05) is 60.0 Å². The van der Waals surface area contributed by atoms with Gasteiger partial charge in [0.1, 0.15) is 11.3 Å². The number of nitrogens with two attached hydrogens (primary N) is 1. The van der Waals surface area contributed by atoms with Gasteiger partial charge in [0, 0.05) is 29.1 Å². The largest absolute Gasteiger partial charge is 0.383 e. The van der Waals surface area contributed by atoms with E-state index in [1.54, 1.807) is 30.6 Å². The average molecular weight is 549 g/mol. The molecule has 3 aromatic heterocycles. The predicted molar refractivity (Wildman–Crippen MR) is 139 cm³/mol. The van der Waals surface area contributed by atoms with Gasteiger partial charge < -0.3 is 5.73 Å². The lowest BCUT2D eigenvalue weighted by Gasteiger charge is -2.11. The van der Waals surface area contributed by atoms with Crippen molar-refractivity contribution in [3.8, 4) is 17.1 Å². The molecule has 35 heavy (non-hydrogen) atoms. The van der Waals surface area contributed by atoms with Crippen LogP contribution in [-0.4, -0.2) is 27.9 Å². The number of hydrogen-bond acceptors (Lipinski definition) is 6. The number of imidazole rings is 1. The van der Waals surface area contributed by atoms with Crippen LogP contribution in [0.4, 0.5) is 5.82 Å².